The predicted octanol–water partition coefficient (Wildman–Crippen LogP) is 2.20. The molecule has 1 aromatic heterocycles. The fraction of sp³-hybridized carbons (Fsp3) is 0.615. The molecular weight excluding hydrogens is 248 g/mol. The number of nitrogen functional groups attached to an aromatic ring is 1. The zero-order chi connectivity index (χ0) is 12.9. The fourth-order valence-corrected chi connectivity index (χ4v) is 4.49. The quantitative estimate of drug-likeness (QED) is 0.834. The SMILES string of the molecule is CCOC(=O)c1c(N)sc2c1C[C@H]1CC[C@@H]2N1C. The van der Waals surface area contributed by atoms with Gasteiger partial charge in [-0.15, -0.1) is 11.3 Å². The molecular formula is C13H18N2O2S. The Hall–Kier alpha value is -1.07. The Morgan fingerprint density at radius 3 is 3.06 bits per heavy atom. The van der Waals surface area contributed by atoms with E-state index in [1.165, 1.54) is 17.7 Å². The maximum atomic E-state index is 12.0. The van der Waals surface area contributed by atoms with Gasteiger partial charge in [0.2, 0.25) is 0 Å². The number of nitrogens with two attached hydrogens (primary N) is 1. The van der Waals surface area contributed by atoms with Gasteiger partial charge in [0.15, 0.2) is 0 Å². The average molecular weight is 266 g/mol. The number of fused-ring (bicyclic) bond motifs is 4. The summed E-state index contributed by atoms with van der Waals surface area (Å²) in [6.07, 6.45) is 3.32. The van der Waals surface area contributed by atoms with Gasteiger partial charge in [-0.05, 0) is 38.8 Å². The fourth-order valence-electron chi connectivity index (χ4n) is 3.21. The second-order valence-corrected chi connectivity index (χ2v) is 6.10. The predicted molar refractivity (Wildman–Crippen MR) is 71.9 cm³/mol. The number of hydrogen-bond acceptors (Lipinski definition) is 5. The first-order valence-electron chi connectivity index (χ1n) is 6.43. The molecule has 0 amide bonds. The normalized spacial score (nSPS) is 26.1. The number of rotatable bonds is 2. The summed E-state index contributed by atoms with van der Waals surface area (Å²) >= 11 is 1.57. The summed E-state index contributed by atoms with van der Waals surface area (Å²) in [6.45, 7) is 2.22. The van der Waals surface area contributed by atoms with Crippen molar-refractivity contribution in [3.8, 4) is 0 Å². The molecule has 0 aliphatic carbocycles. The lowest BCUT2D eigenvalue weighted by atomic mass is 9.97. The molecule has 1 saturated heterocycles. The maximum Gasteiger partial charge on any atom is 0.341 e. The standard InChI is InChI=1S/C13H18N2O2S/c1-3-17-13(16)10-8-6-7-4-5-9(15(7)2)11(8)18-12(10)14/h7,9H,3-6,14H2,1-2H3/t7-,9+/m1/s1. The molecule has 0 unspecified atom stereocenters. The molecule has 2 N–H and O–H groups in total. The molecule has 0 spiro atoms. The molecule has 5 heteroatoms. The van der Waals surface area contributed by atoms with E-state index in [9.17, 15) is 4.79 Å². The van der Waals surface area contributed by atoms with E-state index < -0.39 is 0 Å². The highest BCUT2D eigenvalue weighted by Gasteiger charge is 2.41. The summed E-state index contributed by atoms with van der Waals surface area (Å²) in [4.78, 5) is 15.7. The Bertz CT molecular complexity index is 497. The molecule has 98 valence electrons. The van der Waals surface area contributed by atoms with Crippen LogP contribution >= 0.6 is 11.3 Å². The molecule has 2 atom stereocenters. The second-order valence-electron chi connectivity index (χ2n) is 5.02. The number of hydrogen-bond donors (Lipinski definition) is 1. The van der Waals surface area contributed by atoms with Crippen LogP contribution in [0.25, 0.3) is 0 Å². The zero-order valence-corrected chi connectivity index (χ0v) is 11.5. The molecule has 2 bridgehead atoms. The summed E-state index contributed by atoms with van der Waals surface area (Å²) in [5, 5.41) is 0.624. The van der Waals surface area contributed by atoms with Gasteiger partial charge in [0.25, 0.3) is 0 Å². The van der Waals surface area contributed by atoms with Gasteiger partial charge in [0.1, 0.15) is 5.00 Å². The largest absolute Gasteiger partial charge is 0.462 e. The van der Waals surface area contributed by atoms with Crippen molar-refractivity contribution in [3.05, 3.63) is 16.0 Å². The molecule has 4 nitrogen and oxygen atoms in total. The summed E-state index contributed by atoms with van der Waals surface area (Å²) in [7, 11) is 2.17. The maximum absolute atomic E-state index is 12.0. The van der Waals surface area contributed by atoms with Crippen molar-refractivity contribution in [2.75, 3.05) is 19.4 Å². The monoisotopic (exact) mass is 266 g/mol. The first kappa shape index (κ1) is 12.0. The van der Waals surface area contributed by atoms with Gasteiger partial charge in [-0.2, -0.15) is 0 Å². The number of nitrogens with zero attached hydrogens (tertiary/aromatic N) is 1. The molecule has 3 rings (SSSR count). The third-order valence-electron chi connectivity index (χ3n) is 4.13. The van der Waals surface area contributed by atoms with E-state index in [1.54, 1.807) is 11.3 Å². The third kappa shape index (κ3) is 1.57. The zero-order valence-electron chi connectivity index (χ0n) is 10.7. The van der Waals surface area contributed by atoms with Gasteiger partial charge >= 0.3 is 5.97 Å². The van der Waals surface area contributed by atoms with Gasteiger partial charge in [0, 0.05) is 17.0 Å². The van der Waals surface area contributed by atoms with E-state index >= 15 is 0 Å². The first-order valence-corrected chi connectivity index (χ1v) is 7.25. The van der Waals surface area contributed by atoms with Crippen LogP contribution in [0.4, 0.5) is 5.00 Å². The van der Waals surface area contributed by atoms with Crippen LogP contribution in [0.3, 0.4) is 0 Å². The van der Waals surface area contributed by atoms with Gasteiger partial charge in [-0.25, -0.2) is 4.79 Å². The number of likely N-dealkylation sites (N-methyl/N-ethyl adjacent to an activating group) is 1. The van der Waals surface area contributed by atoms with Crippen molar-refractivity contribution in [2.45, 2.75) is 38.3 Å². The number of thiophene rings is 1. The number of ether oxygens (including phenoxy) is 1. The number of carbonyl (C=O) groups excluding carboxylic acids is 1. The van der Waals surface area contributed by atoms with Gasteiger partial charge in [-0.3, -0.25) is 4.90 Å². The van der Waals surface area contributed by atoms with E-state index in [4.69, 9.17) is 10.5 Å². The van der Waals surface area contributed by atoms with Gasteiger partial charge < -0.3 is 10.5 Å². The van der Waals surface area contributed by atoms with E-state index in [0.717, 1.165) is 12.0 Å². The minimum Gasteiger partial charge on any atom is -0.462 e. The minimum atomic E-state index is -0.253. The molecule has 1 aromatic rings. The third-order valence-corrected chi connectivity index (χ3v) is 5.29. The van der Waals surface area contributed by atoms with E-state index in [-0.39, 0.29) is 5.97 Å². The van der Waals surface area contributed by atoms with Crippen molar-refractivity contribution in [1.29, 1.82) is 0 Å². The van der Waals surface area contributed by atoms with Crippen molar-refractivity contribution in [2.24, 2.45) is 0 Å². The van der Waals surface area contributed by atoms with Crippen LogP contribution in [0.5, 0.6) is 0 Å². The molecule has 0 aromatic carbocycles. The average Bonchev–Trinajstić information content (AvgIpc) is 2.76. The summed E-state index contributed by atoms with van der Waals surface area (Å²) < 4.78 is 5.13. The van der Waals surface area contributed by atoms with Crippen LogP contribution < -0.4 is 5.73 Å². The van der Waals surface area contributed by atoms with Crippen LogP contribution in [0, 0.1) is 0 Å². The molecule has 0 radical (unpaired) electrons. The molecule has 0 saturated carbocycles. The number of carbonyl (C=O) groups is 1. The van der Waals surface area contributed by atoms with Crippen molar-refractivity contribution < 1.29 is 9.53 Å². The number of anilines is 1. The topological polar surface area (TPSA) is 55.6 Å². The smallest absolute Gasteiger partial charge is 0.341 e. The first-order chi connectivity index (χ1) is 8.63. The lowest BCUT2D eigenvalue weighted by Crippen LogP contribution is -2.33. The number of esters is 1. The van der Waals surface area contributed by atoms with Crippen molar-refractivity contribution in [1.82, 2.24) is 4.90 Å². The van der Waals surface area contributed by atoms with E-state index in [1.807, 2.05) is 6.92 Å². The minimum absolute atomic E-state index is 0.253. The van der Waals surface area contributed by atoms with Crippen molar-refractivity contribution >= 4 is 22.3 Å². The van der Waals surface area contributed by atoms with Crippen molar-refractivity contribution in [3.63, 3.8) is 0 Å². The van der Waals surface area contributed by atoms with Crippen LogP contribution in [0.15, 0.2) is 0 Å². The highest BCUT2D eigenvalue weighted by atomic mass is 32.1. The van der Waals surface area contributed by atoms with Crippen LogP contribution in [0.2, 0.25) is 0 Å². The summed E-state index contributed by atoms with van der Waals surface area (Å²) in [5.41, 5.74) is 7.82. The Morgan fingerprint density at radius 2 is 2.33 bits per heavy atom. The van der Waals surface area contributed by atoms with Crippen LogP contribution in [-0.4, -0.2) is 30.6 Å². The summed E-state index contributed by atoms with van der Waals surface area (Å²) in [6, 6.07) is 1.01. The Balaban J connectivity index is 2.04. The second kappa shape index (κ2) is 4.24. The molecule has 18 heavy (non-hydrogen) atoms. The van der Waals surface area contributed by atoms with E-state index in [0.29, 0.717) is 29.3 Å². The Morgan fingerprint density at radius 1 is 1.56 bits per heavy atom. The Kier molecular flexibility index (Phi) is 2.83. The highest BCUT2D eigenvalue weighted by Crippen LogP contribution is 2.48. The van der Waals surface area contributed by atoms with Gasteiger partial charge in [-0.1, -0.05) is 0 Å². The Labute approximate surface area is 111 Å². The lowest BCUT2D eigenvalue weighted by Gasteiger charge is -2.31. The molecule has 1 fully saturated rings. The molecule has 3 heterocycles. The molecule has 2 aliphatic rings. The summed E-state index contributed by atoms with van der Waals surface area (Å²) in [5.74, 6) is -0.253. The molecule has 2 aliphatic heterocycles. The van der Waals surface area contributed by atoms with Gasteiger partial charge in [0.05, 0.1) is 12.2 Å². The lowest BCUT2D eigenvalue weighted by molar-refractivity contribution is 0.0525. The van der Waals surface area contributed by atoms with Crippen LogP contribution in [-0.2, 0) is 11.2 Å². The highest BCUT2D eigenvalue weighted by molar-refractivity contribution is 7.16. The van der Waals surface area contributed by atoms with Crippen LogP contribution in [0.1, 0.15) is 46.6 Å². The van der Waals surface area contributed by atoms with E-state index in [2.05, 4.69) is 11.9 Å².